The third kappa shape index (κ3) is 5.84. The molecular weight excluding hydrogens is 268 g/mol. The largest absolute Gasteiger partial charge is 0.369 e. The van der Waals surface area contributed by atoms with Crippen LogP contribution in [0.2, 0.25) is 5.02 Å². The smallest absolute Gasteiger partial charge is 0.210 e. The SMILES string of the molecule is CS/C(N=CN(C)C)=N\N=C\c1ccc(Cl)cc1. The Hall–Kier alpha value is -1.33. The van der Waals surface area contributed by atoms with Crippen molar-refractivity contribution < 1.29 is 0 Å². The minimum absolute atomic E-state index is 0.605. The van der Waals surface area contributed by atoms with E-state index in [1.807, 2.05) is 49.5 Å². The Balaban J connectivity index is 2.68. The standard InChI is InChI=1S/C12H15ClN4S/c1-17(2)9-14-12(18-3)16-15-8-10-4-6-11(13)7-5-10/h4-9H,1-3H3/b14-9?,15-8+,16-12-. The molecule has 0 spiro atoms. The van der Waals surface area contributed by atoms with Gasteiger partial charge in [0.1, 0.15) is 0 Å². The first-order valence-electron chi connectivity index (χ1n) is 5.23. The van der Waals surface area contributed by atoms with Gasteiger partial charge in [0.05, 0.1) is 12.6 Å². The molecule has 0 aliphatic carbocycles. The summed E-state index contributed by atoms with van der Waals surface area (Å²) in [5.74, 6) is 0. The molecule has 0 bridgehead atoms. The van der Waals surface area contributed by atoms with E-state index in [9.17, 15) is 0 Å². The maximum absolute atomic E-state index is 5.79. The molecule has 0 fully saturated rings. The number of halogens is 1. The lowest BCUT2D eigenvalue weighted by Gasteiger charge is -2.01. The molecule has 0 radical (unpaired) electrons. The van der Waals surface area contributed by atoms with Crippen LogP contribution in [-0.2, 0) is 0 Å². The number of rotatable bonds is 3. The molecule has 0 N–H and O–H groups in total. The van der Waals surface area contributed by atoms with Crippen LogP contribution < -0.4 is 0 Å². The Morgan fingerprint density at radius 2 is 1.94 bits per heavy atom. The van der Waals surface area contributed by atoms with Crippen LogP contribution in [0.3, 0.4) is 0 Å². The molecule has 1 aromatic carbocycles. The molecule has 4 nitrogen and oxygen atoms in total. The average molecular weight is 283 g/mol. The normalized spacial score (nSPS) is 12.6. The van der Waals surface area contributed by atoms with Crippen molar-refractivity contribution in [2.45, 2.75) is 0 Å². The third-order valence-electron chi connectivity index (χ3n) is 1.80. The molecule has 0 aliphatic rings. The van der Waals surface area contributed by atoms with Gasteiger partial charge in [-0.1, -0.05) is 35.5 Å². The summed E-state index contributed by atoms with van der Waals surface area (Å²) >= 11 is 7.23. The van der Waals surface area contributed by atoms with Crippen LogP contribution >= 0.6 is 23.4 Å². The van der Waals surface area contributed by atoms with Gasteiger partial charge < -0.3 is 4.90 Å². The lowest BCUT2D eigenvalue weighted by molar-refractivity contribution is 0.644. The maximum atomic E-state index is 5.79. The van der Waals surface area contributed by atoms with Crippen LogP contribution in [0.25, 0.3) is 0 Å². The van der Waals surface area contributed by atoms with E-state index >= 15 is 0 Å². The van der Waals surface area contributed by atoms with Crippen LogP contribution in [0, 0.1) is 0 Å². The van der Waals surface area contributed by atoms with Gasteiger partial charge in [-0.2, -0.15) is 5.10 Å². The Morgan fingerprint density at radius 3 is 2.50 bits per heavy atom. The van der Waals surface area contributed by atoms with E-state index in [1.54, 1.807) is 12.6 Å². The molecular formula is C12H15ClN4S. The zero-order valence-corrected chi connectivity index (χ0v) is 12.1. The topological polar surface area (TPSA) is 40.3 Å². The second-order valence-electron chi connectivity index (χ2n) is 3.59. The van der Waals surface area contributed by atoms with E-state index in [1.165, 1.54) is 11.8 Å². The molecule has 1 rings (SSSR count). The fourth-order valence-corrected chi connectivity index (χ4v) is 1.39. The van der Waals surface area contributed by atoms with Crippen molar-refractivity contribution in [2.75, 3.05) is 20.4 Å². The summed E-state index contributed by atoms with van der Waals surface area (Å²) in [5.41, 5.74) is 0.945. The van der Waals surface area contributed by atoms with Crippen molar-refractivity contribution >= 4 is 41.1 Å². The quantitative estimate of drug-likeness (QED) is 0.486. The molecule has 0 unspecified atom stereocenters. The lowest BCUT2D eigenvalue weighted by Crippen LogP contribution is -2.08. The number of hydrogen-bond donors (Lipinski definition) is 0. The minimum Gasteiger partial charge on any atom is -0.369 e. The highest BCUT2D eigenvalue weighted by atomic mass is 35.5. The number of hydrogen-bond acceptors (Lipinski definition) is 3. The average Bonchev–Trinajstić information content (AvgIpc) is 2.35. The van der Waals surface area contributed by atoms with Crippen LogP contribution in [0.15, 0.2) is 39.5 Å². The summed E-state index contributed by atoms with van der Waals surface area (Å²) < 4.78 is 0. The van der Waals surface area contributed by atoms with E-state index in [2.05, 4.69) is 15.2 Å². The molecule has 0 saturated carbocycles. The third-order valence-corrected chi connectivity index (χ3v) is 2.61. The first-order chi connectivity index (χ1) is 8.61. The van der Waals surface area contributed by atoms with Gasteiger partial charge >= 0.3 is 0 Å². The summed E-state index contributed by atoms with van der Waals surface area (Å²) in [6, 6.07) is 7.38. The second kappa shape index (κ2) is 7.89. The van der Waals surface area contributed by atoms with E-state index in [0.29, 0.717) is 10.2 Å². The van der Waals surface area contributed by atoms with Gasteiger partial charge in [-0.05, 0) is 24.0 Å². The minimum atomic E-state index is 0.605. The maximum Gasteiger partial charge on any atom is 0.210 e. The molecule has 1 aromatic rings. The van der Waals surface area contributed by atoms with Crippen LogP contribution in [0.4, 0.5) is 0 Å². The van der Waals surface area contributed by atoms with Gasteiger partial charge in [-0.3, -0.25) is 0 Å². The molecule has 0 aromatic heterocycles. The van der Waals surface area contributed by atoms with E-state index in [4.69, 9.17) is 11.6 Å². The van der Waals surface area contributed by atoms with Gasteiger partial charge in [0.2, 0.25) is 5.17 Å². The first kappa shape index (κ1) is 14.7. The summed E-state index contributed by atoms with van der Waals surface area (Å²) in [6.07, 6.45) is 5.26. The molecule has 96 valence electrons. The van der Waals surface area contributed by atoms with Crippen LogP contribution in [0.5, 0.6) is 0 Å². The summed E-state index contributed by atoms with van der Waals surface area (Å²) in [6.45, 7) is 0. The molecule has 18 heavy (non-hydrogen) atoms. The predicted octanol–water partition coefficient (Wildman–Crippen LogP) is 2.98. The molecule has 0 atom stereocenters. The highest BCUT2D eigenvalue weighted by Crippen LogP contribution is 2.08. The van der Waals surface area contributed by atoms with Gasteiger partial charge in [-0.15, -0.1) is 5.10 Å². The fraction of sp³-hybridized carbons (Fsp3) is 0.250. The summed E-state index contributed by atoms with van der Waals surface area (Å²) in [5, 5.41) is 9.32. The zero-order valence-electron chi connectivity index (χ0n) is 10.5. The van der Waals surface area contributed by atoms with Crippen molar-refractivity contribution in [1.82, 2.24) is 4.90 Å². The zero-order chi connectivity index (χ0) is 13.4. The van der Waals surface area contributed by atoms with Crippen molar-refractivity contribution in [3.63, 3.8) is 0 Å². The first-order valence-corrected chi connectivity index (χ1v) is 6.83. The highest BCUT2D eigenvalue weighted by Gasteiger charge is 1.92. The number of nitrogens with zero attached hydrogens (tertiary/aromatic N) is 4. The van der Waals surface area contributed by atoms with Gasteiger partial charge in [-0.25, -0.2) is 4.99 Å². The molecule has 0 aliphatic heterocycles. The summed E-state index contributed by atoms with van der Waals surface area (Å²) in [7, 11) is 3.80. The Morgan fingerprint density at radius 1 is 1.28 bits per heavy atom. The monoisotopic (exact) mass is 282 g/mol. The van der Waals surface area contributed by atoms with E-state index in [-0.39, 0.29) is 0 Å². The number of amidine groups is 1. The lowest BCUT2D eigenvalue weighted by atomic mass is 10.2. The second-order valence-corrected chi connectivity index (χ2v) is 4.80. The van der Waals surface area contributed by atoms with Crippen molar-refractivity contribution in [1.29, 1.82) is 0 Å². The Bertz CT molecular complexity index is 452. The van der Waals surface area contributed by atoms with Crippen molar-refractivity contribution in [3.05, 3.63) is 34.9 Å². The van der Waals surface area contributed by atoms with Crippen molar-refractivity contribution in [2.24, 2.45) is 15.2 Å². The van der Waals surface area contributed by atoms with Gasteiger partial charge in [0.15, 0.2) is 0 Å². The summed E-state index contributed by atoms with van der Waals surface area (Å²) in [4.78, 5) is 6.01. The fourth-order valence-electron chi connectivity index (χ4n) is 0.978. The van der Waals surface area contributed by atoms with Gasteiger partial charge in [0, 0.05) is 19.1 Å². The number of benzene rings is 1. The number of aliphatic imine (C=N–C) groups is 1. The van der Waals surface area contributed by atoms with Crippen LogP contribution in [-0.4, -0.2) is 43.0 Å². The molecule has 6 heteroatoms. The highest BCUT2D eigenvalue weighted by molar-refractivity contribution is 8.13. The Kier molecular flexibility index (Phi) is 6.46. The van der Waals surface area contributed by atoms with Gasteiger partial charge in [0.25, 0.3) is 0 Å². The van der Waals surface area contributed by atoms with E-state index < -0.39 is 0 Å². The van der Waals surface area contributed by atoms with Crippen LogP contribution in [0.1, 0.15) is 5.56 Å². The van der Waals surface area contributed by atoms with E-state index in [0.717, 1.165) is 5.56 Å². The molecule has 0 heterocycles. The Labute approximate surface area is 116 Å². The predicted molar refractivity (Wildman–Crippen MR) is 82.2 cm³/mol. The molecule has 0 saturated heterocycles. The molecule has 0 amide bonds. The number of thioether (sulfide) groups is 1. The van der Waals surface area contributed by atoms with Crippen molar-refractivity contribution in [3.8, 4) is 0 Å².